The van der Waals surface area contributed by atoms with Gasteiger partial charge < -0.3 is 9.47 Å². The molecule has 7 nitrogen and oxygen atoms in total. The summed E-state index contributed by atoms with van der Waals surface area (Å²) < 4.78 is 10.8. The highest BCUT2D eigenvalue weighted by Gasteiger charge is 2.37. The van der Waals surface area contributed by atoms with E-state index < -0.39 is 11.9 Å². The Morgan fingerprint density at radius 2 is 2.11 bits per heavy atom. The first-order valence-corrected chi connectivity index (χ1v) is 5.07. The van der Waals surface area contributed by atoms with E-state index in [0.29, 0.717) is 11.4 Å². The SMILES string of the molecule is COc1cccc(-n2nnc3c2C(=O)OC3=O)c1. The van der Waals surface area contributed by atoms with Crippen molar-refractivity contribution >= 4 is 11.9 Å². The van der Waals surface area contributed by atoms with Gasteiger partial charge in [0.25, 0.3) is 0 Å². The van der Waals surface area contributed by atoms with Gasteiger partial charge in [-0.05, 0) is 12.1 Å². The standard InChI is InChI=1S/C11H7N3O4/c1-17-7-4-2-3-6(5-7)14-9-8(12-13-14)10(15)18-11(9)16/h2-5H,1H3. The van der Waals surface area contributed by atoms with Gasteiger partial charge in [-0.2, -0.15) is 0 Å². The molecular formula is C11H7N3O4. The van der Waals surface area contributed by atoms with Crippen molar-refractivity contribution in [2.75, 3.05) is 7.11 Å². The predicted octanol–water partition coefficient (Wildman–Crippen LogP) is 0.586. The molecule has 0 unspecified atom stereocenters. The Hall–Kier alpha value is -2.70. The number of methoxy groups -OCH3 is 1. The van der Waals surface area contributed by atoms with Crippen LogP contribution >= 0.6 is 0 Å². The Labute approximate surface area is 101 Å². The average Bonchev–Trinajstić information content (AvgIpc) is 2.93. The van der Waals surface area contributed by atoms with Gasteiger partial charge in [-0.3, -0.25) is 0 Å². The Bertz CT molecular complexity index is 662. The highest BCUT2D eigenvalue weighted by atomic mass is 16.6. The Morgan fingerprint density at radius 1 is 1.28 bits per heavy atom. The second-order valence-electron chi connectivity index (χ2n) is 3.58. The Balaban J connectivity index is 2.16. The molecule has 0 bridgehead atoms. The monoisotopic (exact) mass is 245 g/mol. The smallest absolute Gasteiger partial charge is 0.369 e. The van der Waals surface area contributed by atoms with Gasteiger partial charge in [0.2, 0.25) is 5.69 Å². The van der Waals surface area contributed by atoms with Crippen molar-refractivity contribution in [1.29, 1.82) is 0 Å². The third-order valence-electron chi connectivity index (χ3n) is 2.54. The van der Waals surface area contributed by atoms with Gasteiger partial charge in [-0.1, -0.05) is 11.3 Å². The molecule has 0 amide bonds. The summed E-state index contributed by atoms with van der Waals surface area (Å²) in [5.41, 5.74) is 0.533. The van der Waals surface area contributed by atoms with Crippen LogP contribution < -0.4 is 4.74 Å². The van der Waals surface area contributed by atoms with Crippen molar-refractivity contribution in [2.45, 2.75) is 0 Å². The molecule has 1 aromatic heterocycles. The van der Waals surface area contributed by atoms with Crippen LogP contribution in [0.1, 0.15) is 21.0 Å². The number of hydrogen-bond acceptors (Lipinski definition) is 6. The lowest BCUT2D eigenvalue weighted by atomic mass is 10.3. The van der Waals surface area contributed by atoms with Crippen molar-refractivity contribution < 1.29 is 19.1 Å². The summed E-state index contributed by atoms with van der Waals surface area (Å²) in [4.78, 5) is 22.8. The molecule has 0 spiro atoms. The summed E-state index contributed by atoms with van der Waals surface area (Å²) in [6, 6.07) is 6.88. The Kier molecular flexibility index (Phi) is 2.12. The topological polar surface area (TPSA) is 83.3 Å². The van der Waals surface area contributed by atoms with Crippen LogP contribution in [0.3, 0.4) is 0 Å². The quantitative estimate of drug-likeness (QED) is 0.568. The number of carbonyl (C=O) groups is 2. The number of hydrogen-bond donors (Lipinski definition) is 0. The van der Waals surface area contributed by atoms with Crippen LogP contribution in [0.4, 0.5) is 0 Å². The van der Waals surface area contributed by atoms with Crippen molar-refractivity contribution in [3.05, 3.63) is 35.7 Å². The highest BCUT2D eigenvalue weighted by Crippen LogP contribution is 2.22. The fourth-order valence-corrected chi connectivity index (χ4v) is 1.71. The maximum absolute atomic E-state index is 11.5. The van der Waals surface area contributed by atoms with Crippen LogP contribution in [0.15, 0.2) is 24.3 Å². The van der Waals surface area contributed by atoms with Crippen LogP contribution in [-0.2, 0) is 4.74 Å². The lowest BCUT2D eigenvalue weighted by Crippen LogP contribution is -2.08. The fraction of sp³-hybridized carbons (Fsp3) is 0.0909. The number of esters is 2. The molecule has 0 atom stereocenters. The molecule has 0 saturated heterocycles. The molecule has 1 aliphatic heterocycles. The molecule has 2 heterocycles. The summed E-state index contributed by atoms with van der Waals surface area (Å²) >= 11 is 0. The van der Waals surface area contributed by atoms with E-state index >= 15 is 0 Å². The first kappa shape index (κ1) is 10.5. The molecule has 18 heavy (non-hydrogen) atoms. The van der Waals surface area contributed by atoms with E-state index in [1.165, 1.54) is 11.8 Å². The second-order valence-corrected chi connectivity index (χ2v) is 3.58. The molecule has 2 aromatic rings. The Morgan fingerprint density at radius 3 is 2.89 bits per heavy atom. The normalized spacial score (nSPS) is 13.4. The number of rotatable bonds is 2. The largest absolute Gasteiger partial charge is 0.497 e. The van der Waals surface area contributed by atoms with Gasteiger partial charge in [0.05, 0.1) is 12.8 Å². The van der Waals surface area contributed by atoms with E-state index in [9.17, 15) is 9.59 Å². The minimum atomic E-state index is -0.774. The van der Waals surface area contributed by atoms with E-state index in [0.717, 1.165) is 0 Å². The molecular weight excluding hydrogens is 238 g/mol. The fourth-order valence-electron chi connectivity index (χ4n) is 1.71. The minimum absolute atomic E-state index is 0.0354. The van der Waals surface area contributed by atoms with Crippen LogP contribution in [-0.4, -0.2) is 34.0 Å². The molecule has 90 valence electrons. The van der Waals surface area contributed by atoms with E-state index in [2.05, 4.69) is 15.0 Å². The average molecular weight is 245 g/mol. The van der Waals surface area contributed by atoms with E-state index in [4.69, 9.17) is 4.74 Å². The zero-order valence-electron chi connectivity index (χ0n) is 9.28. The van der Waals surface area contributed by atoms with Crippen LogP contribution in [0.25, 0.3) is 5.69 Å². The number of cyclic esters (lactones) is 2. The van der Waals surface area contributed by atoms with Crippen LogP contribution in [0.2, 0.25) is 0 Å². The van der Waals surface area contributed by atoms with Crippen molar-refractivity contribution in [1.82, 2.24) is 15.0 Å². The molecule has 1 aromatic carbocycles. The summed E-state index contributed by atoms with van der Waals surface area (Å²) in [6.45, 7) is 0. The van der Waals surface area contributed by atoms with Crippen molar-refractivity contribution in [3.63, 3.8) is 0 Å². The zero-order chi connectivity index (χ0) is 12.7. The number of benzene rings is 1. The molecule has 0 N–H and O–H groups in total. The first-order chi connectivity index (χ1) is 8.70. The number of aromatic nitrogens is 3. The van der Waals surface area contributed by atoms with Gasteiger partial charge in [-0.15, -0.1) is 5.10 Å². The molecule has 7 heteroatoms. The summed E-state index contributed by atoms with van der Waals surface area (Å²) in [7, 11) is 1.53. The van der Waals surface area contributed by atoms with Gasteiger partial charge in [0.1, 0.15) is 5.75 Å². The third-order valence-corrected chi connectivity index (χ3v) is 2.54. The maximum Gasteiger partial charge on any atom is 0.369 e. The first-order valence-electron chi connectivity index (χ1n) is 5.07. The third kappa shape index (κ3) is 1.37. The van der Waals surface area contributed by atoms with Gasteiger partial charge in [-0.25, -0.2) is 14.3 Å². The zero-order valence-corrected chi connectivity index (χ0v) is 9.28. The van der Waals surface area contributed by atoms with Gasteiger partial charge in [0, 0.05) is 6.07 Å². The summed E-state index contributed by atoms with van der Waals surface area (Å²) in [5, 5.41) is 7.41. The van der Waals surface area contributed by atoms with Gasteiger partial charge >= 0.3 is 11.9 Å². The number of nitrogens with zero attached hydrogens (tertiary/aromatic N) is 3. The van der Waals surface area contributed by atoms with Crippen LogP contribution in [0, 0.1) is 0 Å². The van der Waals surface area contributed by atoms with Crippen molar-refractivity contribution in [3.8, 4) is 11.4 Å². The molecule has 0 saturated carbocycles. The van der Waals surface area contributed by atoms with E-state index in [-0.39, 0.29) is 11.4 Å². The van der Waals surface area contributed by atoms with Crippen molar-refractivity contribution in [2.24, 2.45) is 0 Å². The van der Waals surface area contributed by atoms with Crippen LogP contribution in [0.5, 0.6) is 5.75 Å². The lowest BCUT2D eigenvalue weighted by molar-refractivity contribution is 0.0434. The van der Waals surface area contributed by atoms with Gasteiger partial charge in [0.15, 0.2) is 5.69 Å². The summed E-state index contributed by atoms with van der Waals surface area (Å²) in [5.74, 6) is -0.915. The lowest BCUT2D eigenvalue weighted by Gasteiger charge is -2.04. The highest BCUT2D eigenvalue weighted by molar-refractivity contribution is 6.12. The number of fused-ring (bicyclic) bond motifs is 1. The number of carbonyl (C=O) groups excluding carboxylic acids is 2. The maximum atomic E-state index is 11.5. The molecule has 1 aliphatic rings. The van der Waals surface area contributed by atoms with E-state index in [1.54, 1.807) is 24.3 Å². The predicted molar refractivity (Wildman–Crippen MR) is 57.7 cm³/mol. The number of ether oxygens (including phenoxy) is 2. The second kappa shape index (κ2) is 3.66. The minimum Gasteiger partial charge on any atom is -0.497 e. The summed E-state index contributed by atoms with van der Waals surface area (Å²) in [6.07, 6.45) is 0. The molecule has 3 rings (SSSR count). The molecule has 0 radical (unpaired) electrons. The molecule has 0 fully saturated rings. The van der Waals surface area contributed by atoms with E-state index in [1.807, 2.05) is 0 Å². The molecule has 0 aliphatic carbocycles.